The largest absolute Gasteiger partial charge is 0.360 e. The maximum absolute atomic E-state index is 12.0. The molecule has 19 heavy (non-hydrogen) atoms. The van der Waals surface area contributed by atoms with Gasteiger partial charge in [0.1, 0.15) is 12.1 Å². The van der Waals surface area contributed by atoms with E-state index < -0.39 is 0 Å². The van der Waals surface area contributed by atoms with Crippen LogP contribution < -0.4 is 10.6 Å². The molecule has 2 aromatic rings. The molecule has 0 aliphatic carbocycles. The van der Waals surface area contributed by atoms with Crippen LogP contribution in [-0.4, -0.2) is 53.5 Å². The number of thiophene rings is 1. The van der Waals surface area contributed by atoms with Gasteiger partial charge in [0, 0.05) is 26.2 Å². The summed E-state index contributed by atoms with van der Waals surface area (Å²) in [4.78, 5) is 22.3. The van der Waals surface area contributed by atoms with Gasteiger partial charge in [0.25, 0.3) is 0 Å². The SMILES string of the molecule is O=C(CNc1ncnc2ccsc12)N1CCNCC1. The maximum Gasteiger partial charge on any atom is 0.242 e. The fourth-order valence-electron chi connectivity index (χ4n) is 2.10. The van der Waals surface area contributed by atoms with Gasteiger partial charge in [-0.25, -0.2) is 9.97 Å². The molecule has 0 spiro atoms. The van der Waals surface area contributed by atoms with Crippen LogP contribution in [0.1, 0.15) is 0 Å². The zero-order valence-corrected chi connectivity index (χ0v) is 11.2. The molecule has 6 nitrogen and oxygen atoms in total. The Kier molecular flexibility index (Phi) is 3.56. The zero-order chi connectivity index (χ0) is 13.1. The lowest BCUT2D eigenvalue weighted by Crippen LogP contribution is -2.48. The lowest BCUT2D eigenvalue weighted by molar-refractivity contribution is -0.129. The Morgan fingerprint density at radius 2 is 2.26 bits per heavy atom. The Hall–Kier alpha value is -1.73. The second-order valence-corrected chi connectivity index (χ2v) is 5.26. The number of amides is 1. The van der Waals surface area contributed by atoms with Gasteiger partial charge in [-0.1, -0.05) is 0 Å². The quantitative estimate of drug-likeness (QED) is 0.856. The summed E-state index contributed by atoms with van der Waals surface area (Å²) in [6, 6.07) is 1.95. The minimum absolute atomic E-state index is 0.116. The van der Waals surface area contributed by atoms with E-state index in [1.54, 1.807) is 11.3 Å². The average molecular weight is 277 g/mol. The normalized spacial score (nSPS) is 15.7. The third kappa shape index (κ3) is 2.66. The van der Waals surface area contributed by atoms with Gasteiger partial charge in [0.2, 0.25) is 5.91 Å². The predicted octanol–water partition coefficient (Wildman–Crippen LogP) is 0.535. The van der Waals surface area contributed by atoms with E-state index in [0.717, 1.165) is 42.2 Å². The van der Waals surface area contributed by atoms with Crippen molar-refractivity contribution in [3.8, 4) is 0 Å². The summed E-state index contributed by atoms with van der Waals surface area (Å²) in [5.74, 6) is 0.855. The fourth-order valence-corrected chi connectivity index (χ4v) is 2.91. The Balaban J connectivity index is 1.65. The van der Waals surface area contributed by atoms with Gasteiger partial charge in [0.15, 0.2) is 0 Å². The Morgan fingerprint density at radius 1 is 1.42 bits per heavy atom. The summed E-state index contributed by atoms with van der Waals surface area (Å²) in [5.41, 5.74) is 0.914. The molecule has 0 bridgehead atoms. The number of carbonyl (C=O) groups is 1. The maximum atomic E-state index is 12.0. The van der Waals surface area contributed by atoms with Crippen molar-refractivity contribution in [1.29, 1.82) is 0 Å². The molecule has 0 saturated carbocycles. The summed E-state index contributed by atoms with van der Waals surface area (Å²) in [6.45, 7) is 3.57. The van der Waals surface area contributed by atoms with Gasteiger partial charge >= 0.3 is 0 Å². The number of aromatic nitrogens is 2. The summed E-state index contributed by atoms with van der Waals surface area (Å²) in [6.07, 6.45) is 1.52. The zero-order valence-electron chi connectivity index (χ0n) is 10.4. The highest BCUT2D eigenvalue weighted by atomic mass is 32.1. The van der Waals surface area contributed by atoms with Crippen molar-refractivity contribution in [2.75, 3.05) is 38.0 Å². The lowest BCUT2D eigenvalue weighted by atomic mass is 10.3. The summed E-state index contributed by atoms with van der Waals surface area (Å²) >= 11 is 1.58. The first kappa shape index (κ1) is 12.3. The molecular formula is C12H15N5OS. The minimum Gasteiger partial charge on any atom is -0.360 e. The van der Waals surface area contributed by atoms with E-state index in [2.05, 4.69) is 20.6 Å². The molecule has 3 heterocycles. The van der Waals surface area contributed by atoms with Gasteiger partial charge in [-0.15, -0.1) is 11.3 Å². The molecule has 1 amide bonds. The second-order valence-electron chi connectivity index (χ2n) is 4.34. The average Bonchev–Trinajstić information content (AvgIpc) is 2.94. The molecule has 1 aliphatic heterocycles. The lowest BCUT2D eigenvalue weighted by Gasteiger charge is -2.27. The number of rotatable bonds is 3. The van der Waals surface area contributed by atoms with Crippen LogP contribution in [0.4, 0.5) is 5.82 Å². The first-order valence-electron chi connectivity index (χ1n) is 6.25. The van der Waals surface area contributed by atoms with E-state index >= 15 is 0 Å². The molecule has 1 fully saturated rings. The molecule has 2 aromatic heterocycles. The molecular weight excluding hydrogens is 262 g/mol. The molecule has 3 rings (SSSR count). The molecule has 0 atom stereocenters. The van der Waals surface area contributed by atoms with Crippen LogP contribution in [0.3, 0.4) is 0 Å². The van der Waals surface area contributed by atoms with Gasteiger partial charge in [-0.3, -0.25) is 4.79 Å². The van der Waals surface area contributed by atoms with Crippen LogP contribution in [0.5, 0.6) is 0 Å². The fraction of sp³-hybridized carbons (Fsp3) is 0.417. The highest BCUT2D eigenvalue weighted by Gasteiger charge is 2.16. The van der Waals surface area contributed by atoms with Crippen LogP contribution in [-0.2, 0) is 4.79 Å². The van der Waals surface area contributed by atoms with Crippen molar-refractivity contribution in [2.45, 2.75) is 0 Å². The first-order valence-corrected chi connectivity index (χ1v) is 7.13. The van der Waals surface area contributed by atoms with E-state index in [1.807, 2.05) is 16.3 Å². The molecule has 2 N–H and O–H groups in total. The monoisotopic (exact) mass is 277 g/mol. The van der Waals surface area contributed by atoms with Crippen LogP contribution in [0.15, 0.2) is 17.8 Å². The molecule has 100 valence electrons. The van der Waals surface area contributed by atoms with Crippen molar-refractivity contribution in [3.05, 3.63) is 17.8 Å². The number of hydrogen-bond donors (Lipinski definition) is 2. The minimum atomic E-state index is 0.116. The summed E-state index contributed by atoms with van der Waals surface area (Å²) < 4.78 is 0.996. The van der Waals surface area contributed by atoms with Gasteiger partial charge < -0.3 is 15.5 Å². The molecule has 7 heteroatoms. The predicted molar refractivity (Wildman–Crippen MR) is 75.4 cm³/mol. The smallest absolute Gasteiger partial charge is 0.242 e. The van der Waals surface area contributed by atoms with Crippen molar-refractivity contribution < 1.29 is 4.79 Å². The van der Waals surface area contributed by atoms with E-state index in [0.29, 0.717) is 0 Å². The number of anilines is 1. The Bertz CT molecular complexity index is 578. The third-order valence-electron chi connectivity index (χ3n) is 3.12. The molecule has 1 aliphatic rings. The molecule has 0 radical (unpaired) electrons. The molecule has 1 saturated heterocycles. The number of piperazine rings is 1. The van der Waals surface area contributed by atoms with Crippen molar-refractivity contribution in [2.24, 2.45) is 0 Å². The second kappa shape index (κ2) is 5.50. The number of nitrogens with zero attached hydrogens (tertiary/aromatic N) is 3. The van der Waals surface area contributed by atoms with Crippen molar-refractivity contribution in [1.82, 2.24) is 20.2 Å². The first-order chi connectivity index (χ1) is 9.34. The highest BCUT2D eigenvalue weighted by molar-refractivity contribution is 7.17. The standard InChI is InChI=1S/C12H15N5OS/c18-10(17-4-2-13-3-5-17)7-14-12-11-9(1-6-19-11)15-8-16-12/h1,6,8,13H,2-5,7H2,(H,14,15,16). The van der Waals surface area contributed by atoms with Gasteiger partial charge in [-0.05, 0) is 11.4 Å². The van der Waals surface area contributed by atoms with E-state index in [-0.39, 0.29) is 12.5 Å². The topological polar surface area (TPSA) is 70.2 Å². The summed E-state index contributed by atoms with van der Waals surface area (Å²) in [5, 5.41) is 8.32. The van der Waals surface area contributed by atoms with Crippen molar-refractivity contribution in [3.63, 3.8) is 0 Å². The Labute approximate surface area is 114 Å². The van der Waals surface area contributed by atoms with Crippen LogP contribution >= 0.6 is 11.3 Å². The molecule has 0 aromatic carbocycles. The van der Waals surface area contributed by atoms with E-state index in [4.69, 9.17) is 0 Å². The number of carbonyl (C=O) groups excluding carboxylic acids is 1. The molecule has 0 unspecified atom stereocenters. The van der Waals surface area contributed by atoms with E-state index in [1.165, 1.54) is 6.33 Å². The van der Waals surface area contributed by atoms with Crippen LogP contribution in [0, 0.1) is 0 Å². The summed E-state index contributed by atoms with van der Waals surface area (Å²) in [7, 11) is 0. The van der Waals surface area contributed by atoms with E-state index in [9.17, 15) is 4.79 Å². The number of fused-ring (bicyclic) bond motifs is 1. The van der Waals surface area contributed by atoms with Gasteiger partial charge in [0.05, 0.1) is 16.8 Å². The third-order valence-corrected chi connectivity index (χ3v) is 4.03. The highest BCUT2D eigenvalue weighted by Crippen LogP contribution is 2.24. The number of nitrogens with one attached hydrogen (secondary N) is 2. The van der Waals surface area contributed by atoms with Crippen LogP contribution in [0.2, 0.25) is 0 Å². The van der Waals surface area contributed by atoms with Gasteiger partial charge in [-0.2, -0.15) is 0 Å². The number of hydrogen-bond acceptors (Lipinski definition) is 6. The van der Waals surface area contributed by atoms with Crippen LogP contribution in [0.25, 0.3) is 10.2 Å². The Morgan fingerprint density at radius 3 is 3.11 bits per heavy atom. The van der Waals surface area contributed by atoms with Crippen molar-refractivity contribution >= 4 is 33.3 Å².